The summed E-state index contributed by atoms with van der Waals surface area (Å²) < 4.78 is 0. The summed E-state index contributed by atoms with van der Waals surface area (Å²) in [6.45, 7) is 8.92. The molecule has 0 aromatic carbocycles. The highest BCUT2D eigenvalue weighted by Crippen LogP contribution is 2.37. The summed E-state index contributed by atoms with van der Waals surface area (Å²) in [5.74, 6) is 0. The highest BCUT2D eigenvalue weighted by Gasteiger charge is 2.42. The first kappa shape index (κ1) is 17.2. The standard InChI is InChI=1S/C18H35NO2/c1-4-5-12-17(2,3)20-21-18(19-15-10-11-16-19)13-8-6-7-9-14-18/h4-16H2,1-3H3. The number of nitrogens with zero attached hydrogens (tertiary/aromatic N) is 1. The largest absolute Gasteiger partial charge is 0.273 e. The van der Waals surface area contributed by atoms with Crippen LogP contribution in [0.1, 0.15) is 91.4 Å². The zero-order chi connectivity index (χ0) is 15.2. The van der Waals surface area contributed by atoms with Crippen LogP contribution in [0.2, 0.25) is 0 Å². The number of hydrogen-bond donors (Lipinski definition) is 0. The molecule has 0 bridgehead atoms. The van der Waals surface area contributed by atoms with Gasteiger partial charge in [-0.05, 0) is 58.8 Å². The summed E-state index contributed by atoms with van der Waals surface area (Å²) in [5, 5.41) is 0. The van der Waals surface area contributed by atoms with Gasteiger partial charge in [0.1, 0.15) is 0 Å². The van der Waals surface area contributed by atoms with Crippen molar-refractivity contribution in [3.8, 4) is 0 Å². The Kier molecular flexibility index (Phi) is 6.51. The van der Waals surface area contributed by atoms with E-state index in [1.165, 1.54) is 64.5 Å². The smallest absolute Gasteiger partial charge is 0.156 e. The number of likely N-dealkylation sites (tertiary alicyclic amines) is 1. The molecule has 21 heavy (non-hydrogen) atoms. The maximum Gasteiger partial charge on any atom is 0.156 e. The number of unbranched alkanes of at least 4 members (excludes halogenated alkanes) is 1. The van der Waals surface area contributed by atoms with Crippen LogP contribution in [-0.4, -0.2) is 29.3 Å². The molecule has 0 amide bonds. The molecule has 1 saturated carbocycles. The quantitative estimate of drug-likeness (QED) is 0.373. The van der Waals surface area contributed by atoms with E-state index in [-0.39, 0.29) is 11.3 Å². The first-order valence-electron chi connectivity index (χ1n) is 9.20. The average Bonchev–Trinajstić information content (AvgIpc) is 2.90. The van der Waals surface area contributed by atoms with Gasteiger partial charge in [-0.3, -0.25) is 4.90 Å². The van der Waals surface area contributed by atoms with Crippen molar-refractivity contribution in [3.05, 3.63) is 0 Å². The molecule has 1 aliphatic heterocycles. The number of rotatable bonds is 7. The third-order valence-electron chi connectivity index (χ3n) is 5.12. The van der Waals surface area contributed by atoms with E-state index in [1.807, 2.05) is 0 Å². The first-order chi connectivity index (χ1) is 10.1. The van der Waals surface area contributed by atoms with E-state index in [0.717, 1.165) is 19.3 Å². The predicted octanol–water partition coefficient (Wildman–Crippen LogP) is 5.05. The fourth-order valence-corrected chi connectivity index (χ4v) is 3.69. The van der Waals surface area contributed by atoms with Crippen molar-refractivity contribution in [2.45, 2.75) is 103 Å². The third-order valence-corrected chi connectivity index (χ3v) is 5.12. The van der Waals surface area contributed by atoms with Crippen LogP contribution in [0.5, 0.6) is 0 Å². The van der Waals surface area contributed by atoms with E-state index >= 15 is 0 Å². The molecule has 2 fully saturated rings. The predicted molar refractivity (Wildman–Crippen MR) is 87.0 cm³/mol. The minimum atomic E-state index is -0.172. The molecule has 3 heteroatoms. The fraction of sp³-hybridized carbons (Fsp3) is 1.00. The molecule has 1 heterocycles. The van der Waals surface area contributed by atoms with Crippen LogP contribution in [0, 0.1) is 0 Å². The Morgan fingerprint density at radius 2 is 1.57 bits per heavy atom. The van der Waals surface area contributed by atoms with Crippen molar-refractivity contribution >= 4 is 0 Å². The summed E-state index contributed by atoms with van der Waals surface area (Å²) in [6.07, 6.45) is 13.6. The summed E-state index contributed by atoms with van der Waals surface area (Å²) in [7, 11) is 0. The Labute approximate surface area is 131 Å². The highest BCUT2D eigenvalue weighted by atomic mass is 17.2. The van der Waals surface area contributed by atoms with Gasteiger partial charge in [-0.2, -0.15) is 0 Å². The molecule has 1 aliphatic carbocycles. The van der Waals surface area contributed by atoms with Gasteiger partial charge in [-0.25, -0.2) is 9.78 Å². The molecule has 3 nitrogen and oxygen atoms in total. The second-order valence-electron chi connectivity index (χ2n) is 7.58. The normalized spacial score (nSPS) is 24.1. The van der Waals surface area contributed by atoms with Crippen LogP contribution in [0.4, 0.5) is 0 Å². The lowest BCUT2D eigenvalue weighted by Gasteiger charge is -2.41. The van der Waals surface area contributed by atoms with Crippen molar-refractivity contribution in [1.82, 2.24) is 4.90 Å². The SMILES string of the molecule is CCCCC(C)(C)OOC1(N2CCCC2)CCCCCC1. The monoisotopic (exact) mass is 297 g/mol. The van der Waals surface area contributed by atoms with Gasteiger partial charge >= 0.3 is 0 Å². The van der Waals surface area contributed by atoms with Crippen molar-refractivity contribution in [1.29, 1.82) is 0 Å². The molecule has 0 unspecified atom stereocenters. The summed E-state index contributed by atoms with van der Waals surface area (Å²) in [6, 6.07) is 0. The van der Waals surface area contributed by atoms with Crippen molar-refractivity contribution in [2.24, 2.45) is 0 Å². The molecule has 1 saturated heterocycles. The van der Waals surface area contributed by atoms with Gasteiger partial charge in [-0.1, -0.05) is 32.6 Å². The van der Waals surface area contributed by atoms with Crippen molar-refractivity contribution in [3.63, 3.8) is 0 Å². The van der Waals surface area contributed by atoms with Crippen molar-refractivity contribution < 1.29 is 9.78 Å². The van der Waals surface area contributed by atoms with E-state index in [0.29, 0.717) is 0 Å². The van der Waals surface area contributed by atoms with E-state index < -0.39 is 0 Å². The Hall–Kier alpha value is -0.120. The maximum absolute atomic E-state index is 6.22. The lowest BCUT2D eigenvalue weighted by molar-refractivity contribution is -0.437. The van der Waals surface area contributed by atoms with Gasteiger partial charge in [0.05, 0.1) is 5.60 Å². The molecule has 0 N–H and O–H groups in total. The van der Waals surface area contributed by atoms with Gasteiger partial charge < -0.3 is 0 Å². The molecule has 0 spiro atoms. The fourth-order valence-electron chi connectivity index (χ4n) is 3.69. The molecule has 2 aliphatic rings. The minimum Gasteiger partial charge on any atom is -0.273 e. The average molecular weight is 297 g/mol. The van der Waals surface area contributed by atoms with Gasteiger partial charge in [0.15, 0.2) is 5.72 Å². The van der Waals surface area contributed by atoms with Gasteiger partial charge in [0.25, 0.3) is 0 Å². The zero-order valence-corrected chi connectivity index (χ0v) is 14.5. The van der Waals surface area contributed by atoms with Crippen LogP contribution in [0.3, 0.4) is 0 Å². The summed E-state index contributed by atoms with van der Waals surface area (Å²) in [5.41, 5.74) is -0.314. The molecule has 0 atom stereocenters. The van der Waals surface area contributed by atoms with Crippen LogP contribution >= 0.6 is 0 Å². The molecule has 0 radical (unpaired) electrons. The minimum absolute atomic E-state index is 0.142. The van der Waals surface area contributed by atoms with Crippen LogP contribution in [0.25, 0.3) is 0 Å². The first-order valence-corrected chi connectivity index (χ1v) is 9.20. The van der Waals surface area contributed by atoms with E-state index in [4.69, 9.17) is 9.78 Å². The van der Waals surface area contributed by atoms with Crippen molar-refractivity contribution in [2.75, 3.05) is 13.1 Å². The third kappa shape index (κ3) is 4.94. The van der Waals surface area contributed by atoms with Crippen LogP contribution in [0.15, 0.2) is 0 Å². The lowest BCUT2D eigenvalue weighted by Crippen LogP contribution is -2.50. The van der Waals surface area contributed by atoms with Gasteiger partial charge in [0.2, 0.25) is 0 Å². The second-order valence-corrected chi connectivity index (χ2v) is 7.58. The van der Waals surface area contributed by atoms with Gasteiger partial charge in [-0.15, -0.1) is 0 Å². The van der Waals surface area contributed by atoms with Crippen LogP contribution < -0.4 is 0 Å². The molecule has 124 valence electrons. The molecule has 0 aromatic heterocycles. The van der Waals surface area contributed by atoms with Gasteiger partial charge in [0, 0.05) is 13.1 Å². The second kappa shape index (κ2) is 7.94. The van der Waals surface area contributed by atoms with E-state index in [9.17, 15) is 0 Å². The Bertz CT molecular complexity index is 290. The van der Waals surface area contributed by atoms with E-state index in [1.54, 1.807) is 0 Å². The summed E-state index contributed by atoms with van der Waals surface area (Å²) >= 11 is 0. The highest BCUT2D eigenvalue weighted by molar-refractivity contribution is 4.86. The zero-order valence-electron chi connectivity index (χ0n) is 14.5. The molecular formula is C18H35NO2. The lowest BCUT2D eigenvalue weighted by atomic mass is 10.0. The topological polar surface area (TPSA) is 21.7 Å². The molecular weight excluding hydrogens is 262 g/mol. The Morgan fingerprint density at radius 3 is 2.14 bits per heavy atom. The molecule has 0 aromatic rings. The molecule has 2 rings (SSSR count). The summed E-state index contributed by atoms with van der Waals surface area (Å²) in [4.78, 5) is 14.8. The number of hydrogen-bond acceptors (Lipinski definition) is 3. The Balaban J connectivity index is 1.98. The van der Waals surface area contributed by atoms with Crippen LogP contribution in [-0.2, 0) is 9.78 Å². The Morgan fingerprint density at radius 1 is 0.952 bits per heavy atom. The van der Waals surface area contributed by atoms with E-state index in [2.05, 4.69) is 25.7 Å². The maximum atomic E-state index is 6.22.